The number of urea groups is 1. The predicted molar refractivity (Wildman–Crippen MR) is 135 cm³/mol. The van der Waals surface area contributed by atoms with E-state index in [-0.39, 0.29) is 11.9 Å². The SMILES string of the molecule is Cc1ccc(NC(=O)N2CCc3cc(-c4ccc(C(=O)N5CCOCC5)cc4)ccc32)c(C)c1. The monoisotopic (exact) mass is 455 g/mol. The van der Waals surface area contributed by atoms with Crippen molar-refractivity contribution < 1.29 is 14.3 Å². The van der Waals surface area contributed by atoms with Gasteiger partial charge in [0.2, 0.25) is 0 Å². The fourth-order valence-corrected chi connectivity index (χ4v) is 4.68. The summed E-state index contributed by atoms with van der Waals surface area (Å²) in [5.41, 5.74) is 8.01. The number of nitrogens with zero attached hydrogens (tertiary/aromatic N) is 2. The molecular weight excluding hydrogens is 426 g/mol. The zero-order valence-electron chi connectivity index (χ0n) is 19.6. The topological polar surface area (TPSA) is 61.9 Å². The van der Waals surface area contributed by atoms with Gasteiger partial charge in [-0.05, 0) is 72.9 Å². The average molecular weight is 456 g/mol. The quantitative estimate of drug-likeness (QED) is 0.602. The van der Waals surface area contributed by atoms with Gasteiger partial charge in [0.1, 0.15) is 0 Å². The number of anilines is 2. The number of benzene rings is 3. The smallest absolute Gasteiger partial charge is 0.326 e. The van der Waals surface area contributed by atoms with Gasteiger partial charge in [-0.1, -0.05) is 35.9 Å². The van der Waals surface area contributed by atoms with E-state index in [1.54, 1.807) is 0 Å². The van der Waals surface area contributed by atoms with Gasteiger partial charge in [0.15, 0.2) is 0 Å². The molecule has 1 N–H and O–H groups in total. The van der Waals surface area contributed by atoms with E-state index in [9.17, 15) is 9.59 Å². The molecule has 3 amide bonds. The number of carbonyl (C=O) groups is 2. The first kappa shape index (κ1) is 22.2. The molecule has 6 heteroatoms. The summed E-state index contributed by atoms with van der Waals surface area (Å²) in [5, 5.41) is 3.05. The van der Waals surface area contributed by atoms with E-state index in [1.807, 2.05) is 72.2 Å². The zero-order chi connectivity index (χ0) is 23.7. The Balaban J connectivity index is 1.30. The number of carbonyl (C=O) groups excluding carboxylic acids is 2. The molecule has 5 rings (SSSR count). The lowest BCUT2D eigenvalue weighted by molar-refractivity contribution is 0.0303. The molecule has 0 radical (unpaired) electrons. The Labute approximate surface area is 200 Å². The number of hydrogen-bond acceptors (Lipinski definition) is 3. The van der Waals surface area contributed by atoms with Gasteiger partial charge in [-0.25, -0.2) is 4.79 Å². The average Bonchev–Trinajstić information content (AvgIpc) is 3.29. The van der Waals surface area contributed by atoms with Crippen LogP contribution in [0.25, 0.3) is 11.1 Å². The number of morpholine rings is 1. The van der Waals surface area contributed by atoms with E-state index in [0.717, 1.165) is 40.0 Å². The normalized spacial score (nSPS) is 15.2. The van der Waals surface area contributed by atoms with Crippen molar-refractivity contribution in [1.82, 2.24) is 4.90 Å². The number of nitrogens with one attached hydrogen (secondary N) is 1. The molecule has 0 unspecified atom stereocenters. The van der Waals surface area contributed by atoms with Crippen LogP contribution in [0, 0.1) is 13.8 Å². The highest BCUT2D eigenvalue weighted by molar-refractivity contribution is 6.03. The molecule has 2 aliphatic rings. The fraction of sp³-hybridized carbons (Fsp3) is 0.286. The van der Waals surface area contributed by atoms with E-state index in [1.165, 1.54) is 5.56 Å². The molecule has 2 heterocycles. The Bertz CT molecular complexity index is 1230. The van der Waals surface area contributed by atoms with E-state index < -0.39 is 0 Å². The second-order valence-corrected chi connectivity index (χ2v) is 8.98. The summed E-state index contributed by atoms with van der Waals surface area (Å²) in [6.07, 6.45) is 0.817. The molecule has 0 bridgehead atoms. The van der Waals surface area contributed by atoms with Crippen molar-refractivity contribution in [2.75, 3.05) is 43.1 Å². The number of ether oxygens (including phenoxy) is 1. The molecule has 34 heavy (non-hydrogen) atoms. The van der Waals surface area contributed by atoms with Crippen molar-refractivity contribution in [3.8, 4) is 11.1 Å². The van der Waals surface area contributed by atoms with Gasteiger partial charge in [-0.3, -0.25) is 9.69 Å². The Hall–Kier alpha value is -3.64. The van der Waals surface area contributed by atoms with Crippen molar-refractivity contribution in [1.29, 1.82) is 0 Å². The van der Waals surface area contributed by atoms with Crippen LogP contribution in [0.3, 0.4) is 0 Å². The third-order valence-corrected chi connectivity index (χ3v) is 6.61. The second kappa shape index (κ2) is 9.31. The molecule has 0 spiro atoms. The van der Waals surface area contributed by atoms with E-state index >= 15 is 0 Å². The van der Waals surface area contributed by atoms with Crippen LogP contribution in [-0.4, -0.2) is 49.7 Å². The summed E-state index contributed by atoms with van der Waals surface area (Å²) in [6, 6.07) is 19.9. The van der Waals surface area contributed by atoms with Gasteiger partial charge in [0.25, 0.3) is 5.91 Å². The summed E-state index contributed by atoms with van der Waals surface area (Å²) in [5.74, 6) is 0.0503. The summed E-state index contributed by atoms with van der Waals surface area (Å²) in [6.45, 7) is 7.17. The molecule has 3 aromatic rings. The standard InChI is InChI=1S/C28H29N3O3/c1-19-3-9-25(20(2)17-19)29-28(33)31-12-11-24-18-23(8-10-26(24)31)21-4-6-22(7-5-21)27(32)30-13-15-34-16-14-30/h3-10,17-18H,11-16H2,1-2H3,(H,29,33). The first-order valence-electron chi connectivity index (χ1n) is 11.8. The van der Waals surface area contributed by atoms with Crippen molar-refractivity contribution in [2.24, 2.45) is 0 Å². The molecule has 6 nitrogen and oxygen atoms in total. The second-order valence-electron chi connectivity index (χ2n) is 8.98. The maximum absolute atomic E-state index is 13.0. The van der Waals surface area contributed by atoms with E-state index in [2.05, 4.69) is 17.4 Å². The van der Waals surface area contributed by atoms with Gasteiger partial charge in [-0.2, -0.15) is 0 Å². The predicted octanol–water partition coefficient (Wildman–Crippen LogP) is 5.04. The zero-order valence-corrected chi connectivity index (χ0v) is 19.6. The van der Waals surface area contributed by atoms with Crippen LogP contribution in [0.1, 0.15) is 27.0 Å². The minimum atomic E-state index is -0.107. The maximum atomic E-state index is 13.0. The first-order chi connectivity index (χ1) is 16.5. The van der Waals surface area contributed by atoms with Gasteiger partial charge < -0.3 is 15.0 Å². The molecule has 3 aromatic carbocycles. The molecule has 0 atom stereocenters. The van der Waals surface area contributed by atoms with Crippen LogP contribution in [0.2, 0.25) is 0 Å². The van der Waals surface area contributed by atoms with Crippen molar-refractivity contribution in [3.05, 3.63) is 82.9 Å². The Morgan fingerprint density at radius 3 is 2.32 bits per heavy atom. The highest BCUT2D eigenvalue weighted by atomic mass is 16.5. The number of fused-ring (bicyclic) bond motifs is 1. The summed E-state index contributed by atoms with van der Waals surface area (Å²) >= 11 is 0. The molecule has 174 valence electrons. The molecule has 1 fully saturated rings. The fourth-order valence-electron chi connectivity index (χ4n) is 4.68. The minimum Gasteiger partial charge on any atom is -0.378 e. The molecule has 0 saturated carbocycles. The van der Waals surface area contributed by atoms with Crippen LogP contribution < -0.4 is 10.2 Å². The van der Waals surface area contributed by atoms with E-state index in [4.69, 9.17) is 4.74 Å². The maximum Gasteiger partial charge on any atom is 0.326 e. The lowest BCUT2D eigenvalue weighted by atomic mass is 10.0. The highest BCUT2D eigenvalue weighted by Gasteiger charge is 2.25. The van der Waals surface area contributed by atoms with Crippen LogP contribution in [0.5, 0.6) is 0 Å². The van der Waals surface area contributed by atoms with Crippen LogP contribution in [-0.2, 0) is 11.2 Å². The van der Waals surface area contributed by atoms with Crippen LogP contribution >= 0.6 is 0 Å². The van der Waals surface area contributed by atoms with Gasteiger partial charge in [0.05, 0.1) is 13.2 Å². The largest absolute Gasteiger partial charge is 0.378 e. The van der Waals surface area contributed by atoms with Crippen molar-refractivity contribution in [2.45, 2.75) is 20.3 Å². The molecule has 1 saturated heterocycles. The molecule has 2 aliphatic heterocycles. The minimum absolute atomic E-state index is 0.0503. The lowest BCUT2D eigenvalue weighted by Crippen LogP contribution is -2.40. The first-order valence-corrected chi connectivity index (χ1v) is 11.8. The van der Waals surface area contributed by atoms with Crippen molar-refractivity contribution >= 4 is 23.3 Å². The third-order valence-electron chi connectivity index (χ3n) is 6.61. The number of hydrogen-bond donors (Lipinski definition) is 1. The Morgan fingerprint density at radius 2 is 1.59 bits per heavy atom. The molecular formula is C28H29N3O3. The van der Waals surface area contributed by atoms with Gasteiger partial charge >= 0.3 is 6.03 Å². The third kappa shape index (κ3) is 4.41. The number of rotatable bonds is 3. The Morgan fingerprint density at radius 1 is 0.853 bits per heavy atom. The number of aryl methyl sites for hydroxylation is 2. The van der Waals surface area contributed by atoms with Crippen LogP contribution in [0.15, 0.2) is 60.7 Å². The van der Waals surface area contributed by atoms with Crippen molar-refractivity contribution in [3.63, 3.8) is 0 Å². The summed E-state index contributed by atoms with van der Waals surface area (Å²) in [4.78, 5) is 29.3. The summed E-state index contributed by atoms with van der Waals surface area (Å²) in [7, 11) is 0. The van der Waals surface area contributed by atoms with Gasteiger partial charge in [-0.15, -0.1) is 0 Å². The molecule has 0 aliphatic carbocycles. The molecule has 0 aromatic heterocycles. The summed E-state index contributed by atoms with van der Waals surface area (Å²) < 4.78 is 5.34. The van der Waals surface area contributed by atoms with Crippen LogP contribution in [0.4, 0.5) is 16.2 Å². The Kier molecular flexibility index (Phi) is 6.07. The van der Waals surface area contributed by atoms with E-state index in [0.29, 0.717) is 38.4 Å². The number of amides is 3. The lowest BCUT2D eigenvalue weighted by Gasteiger charge is -2.26. The van der Waals surface area contributed by atoms with Gasteiger partial charge in [0, 0.05) is 36.6 Å². The highest BCUT2D eigenvalue weighted by Crippen LogP contribution is 2.33.